The van der Waals surface area contributed by atoms with E-state index in [0.717, 1.165) is 0 Å². The number of rotatable bonds is 8. The summed E-state index contributed by atoms with van der Waals surface area (Å²) in [5.41, 5.74) is -0.600. The van der Waals surface area contributed by atoms with Gasteiger partial charge in [0.05, 0.1) is 13.2 Å². The van der Waals surface area contributed by atoms with E-state index in [1.165, 1.54) is 11.0 Å². The van der Waals surface area contributed by atoms with Gasteiger partial charge >= 0.3 is 5.97 Å². The van der Waals surface area contributed by atoms with Crippen LogP contribution in [0.5, 0.6) is 0 Å². The molecule has 0 spiro atoms. The molecule has 0 saturated carbocycles. The molecule has 7 heteroatoms. The van der Waals surface area contributed by atoms with E-state index >= 15 is 0 Å². The first-order valence-electron chi connectivity index (χ1n) is 8.49. The summed E-state index contributed by atoms with van der Waals surface area (Å²) in [5.74, 6) is -1.92. The Labute approximate surface area is 152 Å². The number of nitrogens with one attached hydrogen (secondary N) is 1. The Morgan fingerprint density at radius 1 is 1.38 bits per heavy atom. The van der Waals surface area contributed by atoms with Crippen molar-refractivity contribution in [2.75, 3.05) is 19.8 Å². The van der Waals surface area contributed by atoms with Crippen LogP contribution in [-0.2, 0) is 14.3 Å². The summed E-state index contributed by atoms with van der Waals surface area (Å²) in [5, 5.41) is 11.8. The van der Waals surface area contributed by atoms with E-state index < -0.39 is 23.5 Å². The Kier molecular flexibility index (Phi) is 6.52. The van der Waals surface area contributed by atoms with Gasteiger partial charge in [0, 0.05) is 12.1 Å². The second kappa shape index (κ2) is 8.62. The van der Waals surface area contributed by atoms with Crippen molar-refractivity contribution in [1.82, 2.24) is 10.2 Å². The Hall–Kier alpha value is -2.67. The molecule has 1 aliphatic heterocycles. The molecule has 0 radical (unpaired) electrons. The van der Waals surface area contributed by atoms with Crippen LogP contribution in [0, 0.1) is 0 Å². The van der Waals surface area contributed by atoms with Crippen LogP contribution in [0.3, 0.4) is 0 Å². The zero-order valence-corrected chi connectivity index (χ0v) is 14.8. The average Bonchev–Trinajstić information content (AvgIpc) is 3.04. The highest BCUT2D eigenvalue weighted by atomic mass is 16.5. The Morgan fingerprint density at radius 2 is 2.08 bits per heavy atom. The molecule has 1 fully saturated rings. The fraction of sp³-hybridized carbons (Fsp3) is 0.421. The number of nitrogens with zero attached hydrogens (tertiary/aromatic N) is 1. The molecule has 1 saturated heterocycles. The highest BCUT2D eigenvalue weighted by Gasteiger charge is 2.46. The van der Waals surface area contributed by atoms with E-state index in [0.29, 0.717) is 24.9 Å². The van der Waals surface area contributed by atoms with E-state index in [9.17, 15) is 19.5 Å². The van der Waals surface area contributed by atoms with E-state index in [-0.39, 0.29) is 19.1 Å². The summed E-state index contributed by atoms with van der Waals surface area (Å²) in [6, 6.07) is 7.54. The number of carbonyl (C=O) groups excluding carboxylic acids is 2. The van der Waals surface area contributed by atoms with Crippen LogP contribution in [0.25, 0.3) is 0 Å². The Bertz CT molecular complexity index is 676. The molecule has 26 heavy (non-hydrogen) atoms. The topological polar surface area (TPSA) is 95.9 Å². The number of benzene rings is 1. The fourth-order valence-electron chi connectivity index (χ4n) is 3.02. The largest absolute Gasteiger partial charge is 0.480 e. The lowest BCUT2D eigenvalue weighted by Crippen LogP contribution is -2.59. The van der Waals surface area contributed by atoms with Gasteiger partial charge in [-0.1, -0.05) is 24.3 Å². The quantitative estimate of drug-likeness (QED) is 0.540. The number of carboxylic acid groups (broad SMARTS) is 1. The number of carboxylic acids is 1. The standard InChI is InChI=1S/C19H24N2O5/c1-3-12-26-13-15(17(23)24)20-18(25)19(2)10-7-11-21(19)16(22)14-8-5-4-6-9-14/h3-6,8-9,15H,1,7,10-13H2,2H3,(H,20,25)(H,23,24). The van der Waals surface area contributed by atoms with Crippen LogP contribution < -0.4 is 5.32 Å². The maximum Gasteiger partial charge on any atom is 0.328 e. The predicted octanol–water partition coefficient (Wildman–Crippen LogP) is 1.45. The number of aliphatic carboxylic acids is 1. The van der Waals surface area contributed by atoms with Gasteiger partial charge in [0.15, 0.2) is 6.04 Å². The smallest absolute Gasteiger partial charge is 0.328 e. The number of likely N-dealkylation sites (tertiary alicyclic amines) is 1. The van der Waals surface area contributed by atoms with Gasteiger partial charge in [0.2, 0.25) is 5.91 Å². The third-order valence-electron chi connectivity index (χ3n) is 4.52. The SMILES string of the molecule is C=CCOCC(NC(=O)C1(C)CCCN1C(=O)c1ccccc1)C(=O)O. The van der Waals surface area contributed by atoms with Gasteiger partial charge in [0.25, 0.3) is 5.91 Å². The molecule has 0 bridgehead atoms. The van der Waals surface area contributed by atoms with Crippen molar-refractivity contribution in [1.29, 1.82) is 0 Å². The lowest BCUT2D eigenvalue weighted by molar-refractivity contribution is -0.145. The number of hydrogen-bond acceptors (Lipinski definition) is 4. The fourth-order valence-corrected chi connectivity index (χ4v) is 3.02. The van der Waals surface area contributed by atoms with Crippen molar-refractivity contribution in [2.24, 2.45) is 0 Å². The van der Waals surface area contributed by atoms with Crippen LogP contribution in [0.15, 0.2) is 43.0 Å². The first-order valence-corrected chi connectivity index (χ1v) is 8.49. The van der Waals surface area contributed by atoms with Gasteiger partial charge in [-0.3, -0.25) is 9.59 Å². The maximum atomic E-state index is 12.8. The van der Waals surface area contributed by atoms with Gasteiger partial charge in [-0.15, -0.1) is 6.58 Å². The molecule has 1 aromatic carbocycles. The minimum Gasteiger partial charge on any atom is -0.480 e. The second-order valence-electron chi connectivity index (χ2n) is 6.39. The highest BCUT2D eigenvalue weighted by molar-refractivity contribution is 6.00. The van der Waals surface area contributed by atoms with Crippen molar-refractivity contribution in [3.63, 3.8) is 0 Å². The minimum absolute atomic E-state index is 0.171. The molecule has 1 aliphatic rings. The second-order valence-corrected chi connectivity index (χ2v) is 6.39. The van der Waals surface area contributed by atoms with E-state index in [1.807, 2.05) is 6.07 Å². The van der Waals surface area contributed by atoms with Crippen LogP contribution in [0.4, 0.5) is 0 Å². The van der Waals surface area contributed by atoms with Crippen molar-refractivity contribution < 1.29 is 24.2 Å². The third kappa shape index (κ3) is 4.29. The third-order valence-corrected chi connectivity index (χ3v) is 4.52. The number of ether oxygens (including phenoxy) is 1. The van der Waals surface area contributed by atoms with Gasteiger partial charge < -0.3 is 20.1 Å². The van der Waals surface area contributed by atoms with Crippen molar-refractivity contribution in [3.05, 3.63) is 48.6 Å². The van der Waals surface area contributed by atoms with Crippen molar-refractivity contribution >= 4 is 17.8 Å². The molecular formula is C19H24N2O5. The van der Waals surface area contributed by atoms with Crippen molar-refractivity contribution in [2.45, 2.75) is 31.3 Å². The number of carbonyl (C=O) groups is 3. The monoisotopic (exact) mass is 360 g/mol. The Morgan fingerprint density at radius 3 is 2.69 bits per heavy atom. The molecule has 0 aliphatic carbocycles. The molecule has 2 amide bonds. The maximum absolute atomic E-state index is 12.8. The van der Waals surface area contributed by atoms with E-state index in [1.54, 1.807) is 31.2 Å². The first kappa shape index (κ1) is 19.7. The average molecular weight is 360 g/mol. The molecule has 2 unspecified atom stereocenters. The van der Waals surface area contributed by atoms with Crippen molar-refractivity contribution in [3.8, 4) is 0 Å². The predicted molar refractivity (Wildman–Crippen MR) is 95.7 cm³/mol. The van der Waals surface area contributed by atoms with E-state index in [4.69, 9.17) is 4.74 Å². The number of amides is 2. The van der Waals surface area contributed by atoms with Crippen LogP contribution in [-0.4, -0.2) is 59.1 Å². The molecule has 0 aromatic heterocycles. The Balaban J connectivity index is 2.13. The molecule has 2 N–H and O–H groups in total. The van der Waals surface area contributed by atoms with Crippen LogP contribution in [0.1, 0.15) is 30.1 Å². The molecule has 7 nitrogen and oxygen atoms in total. The van der Waals surface area contributed by atoms with Gasteiger partial charge in [-0.2, -0.15) is 0 Å². The molecular weight excluding hydrogens is 336 g/mol. The van der Waals surface area contributed by atoms with Crippen LogP contribution in [0.2, 0.25) is 0 Å². The summed E-state index contributed by atoms with van der Waals surface area (Å²) >= 11 is 0. The zero-order chi connectivity index (χ0) is 19.2. The molecule has 140 valence electrons. The molecule has 1 aromatic rings. The summed E-state index contributed by atoms with van der Waals surface area (Å²) in [7, 11) is 0. The summed E-state index contributed by atoms with van der Waals surface area (Å²) in [4.78, 5) is 38.5. The minimum atomic E-state index is -1.19. The highest BCUT2D eigenvalue weighted by Crippen LogP contribution is 2.31. The number of hydrogen-bond donors (Lipinski definition) is 2. The van der Waals surface area contributed by atoms with E-state index in [2.05, 4.69) is 11.9 Å². The molecule has 2 rings (SSSR count). The lowest BCUT2D eigenvalue weighted by Gasteiger charge is -2.34. The first-order chi connectivity index (χ1) is 12.4. The summed E-state index contributed by atoms with van der Waals surface area (Å²) < 4.78 is 5.15. The van der Waals surface area contributed by atoms with Gasteiger partial charge in [-0.05, 0) is 31.9 Å². The summed E-state index contributed by atoms with van der Waals surface area (Å²) in [6.07, 6.45) is 2.64. The lowest BCUT2D eigenvalue weighted by atomic mass is 9.96. The zero-order valence-electron chi connectivity index (χ0n) is 14.8. The van der Waals surface area contributed by atoms with Gasteiger partial charge in [-0.25, -0.2) is 4.79 Å². The molecule has 1 heterocycles. The van der Waals surface area contributed by atoms with Gasteiger partial charge in [0.1, 0.15) is 5.54 Å². The van der Waals surface area contributed by atoms with Crippen LogP contribution >= 0.6 is 0 Å². The normalized spacial score (nSPS) is 20.4. The molecule has 2 atom stereocenters. The summed E-state index contributed by atoms with van der Waals surface area (Å²) in [6.45, 7) is 5.62.